The molecule has 0 saturated heterocycles. The van der Waals surface area contributed by atoms with E-state index in [2.05, 4.69) is 15.3 Å². The van der Waals surface area contributed by atoms with Gasteiger partial charge >= 0.3 is 13.1 Å². The summed E-state index contributed by atoms with van der Waals surface area (Å²) in [7, 11) is -4.79. The smallest absolute Gasteiger partial charge is 0.473 e. The van der Waals surface area contributed by atoms with E-state index in [0.717, 1.165) is 33.1 Å². The third kappa shape index (κ3) is 6.96. The number of anilines is 1. The number of carbonyl (C=O) groups is 2. The van der Waals surface area contributed by atoms with Gasteiger partial charge in [0.2, 0.25) is 5.91 Å². The minimum absolute atomic E-state index is 0.0382. The number of carboxylic acid groups (broad SMARTS) is 1. The number of fused-ring (bicyclic) bond motifs is 1. The van der Waals surface area contributed by atoms with E-state index in [1.165, 1.54) is 23.1 Å². The average molecular weight is 596 g/mol. The summed E-state index contributed by atoms with van der Waals surface area (Å²) < 4.78 is 17.4. The van der Waals surface area contributed by atoms with E-state index in [4.69, 9.17) is 9.63 Å². The second kappa shape index (κ2) is 11.0. The minimum atomic E-state index is -4.79. The van der Waals surface area contributed by atoms with Gasteiger partial charge in [-0.3, -0.25) is 19.6 Å². The molecule has 0 aliphatic carbocycles. The number of nitrogens with one attached hydrogen (secondary N) is 1. The molecule has 1 aromatic heterocycles. The second-order valence-corrected chi connectivity index (χ2v) is 13.8. The van der Waals surface area contributed by atoms with Crippen molar-refractivity contribution in [2.24, 2.45) is 4.99 Å². The van der Waals surface area contributed by atoms with Crippen LogP contribution in [0.15, 0.2) is 35.3 Å². The van der Waals surface area contributed by atoms with Gasteiger partial charge in [-0.05, 0) is 61.0 Å². The van der Waals surface area contributed by atoms with Crippen LogP contribution in [0.2, 0.25) is 0 Å². The highest BCUT2D eigenvalue weighted by Crippen LogP contribution is 2.45. The number of thioether (sulfide) groups is 2. The molecular formula is C24H26N3O7PS3. The third-order valence-corrected chi connectivity index (χ3v) is 9.26. The number of nitrogens with zero attached hydrogens (tertiary/aromatic N) is 2. The van der Waals surface area contributed by atoms with Crippen molar-refractivity contribution in [2.75, 3.05) is 11.1 Å². The van der Waals surface area contributed by atoms with E-state index < -0.39 is 18.5 Å². The number of thiazole rings is 1. The van der Waals surface area contributed by atoms with Crippen LogP contribution in [-0.4, -0.2) is 47.3 Å². The molecule has 1 unspecified atom stereocenters. The molecule has 1 amide bonds. The molecular weight excluding hydrogens is 569 g/mol. The molecule has 2 heterocycles. The lowest BCUT2D eigenvalue weighted by molar-refractivity contribution is -0.117. The minimum Gasteiger partial charge on any atom is -0.473 e. The number of phosphoric acid groups is 1. The number of amides is 1. The van der Waals surface area contributed by atoms with Gasteiger partial charge in [0.1, 0.15) is 21.2 Å². The zero-order valence-electron chi connectivity index (χ0n) is 20.9. The molecule has 14 heteroatoms. The van der Waals surface area contributed by atoms with Crippen LogP contribution in [0, 0.1) is 13.8 Å². The Hall–Kier alpha value is -2.41. The predicted octanol–water partition coefficient (Wildman–Crippen LogP) is 5.92. The van der Waals surface area contributed by atoms with Crippen molar-refractivity contribution < 1.29 is 33.6 Å². The number of benzene rings is 2. The van der Waals surface area contributed by atoms with E-state index in [1.54, 1.807) is 25.1 Å². The molecule has 38 heavy (non-hydrogen) atoms. The summed E-state index contributed by atoms with van der Waals surface area (Å²) in [4.78, 5) is 51.8. The van der Waals surface area contributed by atoms with Crippen LogP contribution in [0.5, 0.6) is 5.75 Å². The highest BCUT2D eigenvalue weighted by Gasteiger charge is 2.32. The Labute approximate surface area is 231 Å². The fourth-order valence-electron chi connectivity index (χ4n) is 4.43. The Kier molecular flexibility index (Phi) is 8.27. The number of aryl methyl sites for hydroxylation is 2. The Morgan fingerprint density at radius 1 is 1.24 bits per heavy atom. The van der Waals surface area contributed by atoms with Gasteiger partial charge in [-0.2, -0.15) is 0 Å². The molecule has 4 N–H and O–H groups in total. The van der Waals surface area contributed by atoms with Crippen LogP contribution in [0.1, 0.15) is 42.0 Å². The van der Waals surface area contributed by atoms with Crippen molar-refractivity contribution in [3.05, 3.63) is 52.0 Å². The second-order valence-electron chi connectivity index (χ2n) is 9.43. The molecule has 0 fully saturated rings. The first-order valence-corrected chi connectivity index (χ1v) is 15.6. The molecule has 2 aromatic carbocycles. The van der Waals surface area contributed by atoms with Gasteiger partial charge in [-0.1, -0.05) is 19.9 Å². The van der Waals surface area contributed by atoms with Crippen LogP contribution in [0.4, 0.5) is 10.5 Å². The summed E-state index contributed by atoms with van der Waals surface area (Å²) in [6.07, 6.45) is 0.0382. The highest BCUT2D eigenvalue weighted by atomic mass is 32.2. The first-order chi connectivity index (χ1) is 17.7. The fraction of sp³-hybridized carbons (Fsp3) is 0.333. The maximum atomic E-state index is 13.1. The molecule has 0 saturated carbocycles. The van der Waals surface area contributed by atoms with Crippen LogP contribution < -0.4 is 9.84 Å². The maximum absolute atomic E-state index is 13.1. The topological polar surface area (TPSA) is 158 Å². The van der Waals surface area contributed by atoms with Crippen molar-refractivity contribution in [1.29, 1.82) is 0 Å². The Morgan fingerprint density at radius 3 is 2.66 bits per heavy atom. The quantitative estimate of drug-likeness (QED) is 0.230. The number of aromatic nitrogens is 1. The van der Waals surface area contributed by atoms with E-state index in [-0.39, 0.29) is 23.5 Å². The lowest BCUT2D eigenvalue weighted by atomic mass is 9.78. The molecule has 0 radical (unpaired) electrons. The first kappa shape index (κ1) is 28.6. The lowest BCUT2D eigenvalue weighted by Crippen LogP contribution is -2.27. The fourth-order valence-corrected chi connectivity index (χ4v) is 7.71. The van der Waals surface area contributed by atoms with Gasteiger partial charge in [-0.15, -0.1) is 23.1 Å². The molecule has 3 aromatic rings. The zero-order chi connectivity index (χ0) is 27.8. The summed E-state index contributed by atoms with van der Waals surface area (Å²) in [5, 5.41) is 12.0. The largest absolute Gasteiger partial charge is 0.524 e. The summed E-state index contributed by atoms with van der Waals surface area (Å²) >= 11 is 3.66. The van der Waals surface area contributed by atoms with Crippen molar-refractivity contribution >= 4 is 74.8 Å². The number of carbonyl (C=O) groups excluding carboxylic acids is 1. The summed E-state index contributed by atoms with van der Waals surface area (Å²) in [6, 6.07) is 8.82. The molecule has 10 nitrogen and oxygen atoms in total. The maximum Gasteiger partial charge on any atom is 0.524 e. The Balaban J connectivity index is 1.51. The summed E-state index contributed by atoms with van der Waals surface area (Å²) in [6.45, 7) is 7.27. The lowest BCUT2D eigenvalue weighted by Gasteiger charge is -2.29. The predicted molar refractivity (Wildman–Crippen MR) is 153 cm³/mol. The van der Waals surface area contributed by atoms with Gasteiger partial charge in [0.05, 0.1) is 10.2 Å². The standard InChI is InChI=1S/C24H26N3O7PS3/c1-12-7-13(2)20(16(8-12)34-35(31,32)33)24(3,4)10-18(28)25-14-5-6-15-17(9-14)37-22(26-15)21-27-19(11-36-21)38-23(29)30/h5-9,19H,10-11H2,1-4H3,(H,25,28)(H,29,30)(H2,31,32,33). The van der Waals surface area contributed by atoms with Gasteiger partial charge in [0.25, 0.3) is 0 Å². The summed E-state index contributed by atoms with van der Waals surface area (Å²) in [5.74, 6) is 0.357. The van der Waals surface area contributed by atoms with Gasteiger partial charge in [0, 0.05) is 28.8 Å². The molecule has 4 rings (SSSR count). The molecule has 1 atom stereocenters. The molecule has 202 valence electrons. The van der Waals surface area contributed by atoms with Crippen molar-refractivity contribution in [3.8, 4) is 5.75 Å². The Bertz CT molecular complexity index is 1500. The monoisotopic (exact) mass is 595 g/mol. The SMILES string of the molecule is Cc1cc(C)c(C(C)(C)CC(=O)Nc2ccc3nc(C4=NC(SC(=O)O)CS4)sc3c2)c(OP(=O)(O)O)c1. The van der Waals surface area contributed by atoms with E-state index >= 15 is 0 Å². The van der Waals surface area contributed by atoms with E-state index in [1.807, 2.05) is 32.9 Å². The van der Waals surface area contributed by atoms with Gasteiger partial charge in [-0.25, -0.2) is 14.3 Å². The van der Waals surface area contributed by atoms with Crippen LogP contribution in [0.25, 0.3) is 10.2 Å². The van der Waals surface area contributed by atoms with Crippen molar-refractivity contribution in [2.45, 2.75) is 44.9 Å². The summed E-state index contributed by atoms with van der Waals surface area (Å²) in [5.41, 5.74) is 2.64. The van der Waals surface area contributed by atoms with Crippen LogP contribution in [-0.2, 0) is 14.8 Å². The number of aliphatic imine (C=N–C) groups is 1. The van der Waals surface area contributed by atoms with Gasteiger partial charge < -0.3 is 14.9 Å². The highest BCUT2D eigenvalue weighted by molar-refractivity contribution is 8.18. The zero-order valence-corrected chi connectivity index (χ0v) is 24.3. The molecule has 0 bridgehead atoms. The first-order valence-electron chi connectivity index (χ1n) is 11.4. The van der Waals surface area contributed by atoms with Crippen LogP contribution in [0.3, 0.4) is 0 Å². The number of phosphoric ester groups is 1. The number of hydrogen-bond donors (Lipinski definition) is 4. The average Bonchev–Trinajstić information content (AvgIpc) is 3.37. The molecule has 1 aliphatic rings. The van der Waals surface area contributed by atoms with Gasteiger partial charge in [0.15, 0.2) is 0 Å². The number of hydrogen-bond acceptors (Lipinski definition) is 9. The van der Waals surface area contributed by atoms with E-state index in [9.17, 15) is 23.9 Å². The van der Waals surface area contributed by atoms with Crippen molar-refractivity contribution in [1.82, 2.24) is 4.98 Å². The van der Waals surface area contributed by atoms with Crippen molar-refractivity contribution in [3.63, 3.8) is 0 Å². The van der Waals surface area contributed by atoms with Crippen LogP contribution >= 0.6 is 42.7 Å². The molecule has 1 aliphatic heterocycles. The molecule has 0 spiro atoms. The number of rotatable bonds is 8. The van der Waals surface area contributed by atoms with E-state index in [0.29, 0.717) is 27.1 Å². The Morgan fingerprint density at radius 2 is 1.97 bits per heavy atom. The third-order valence-electron chi connectivity index (χ3n) is 5.66. The normalized spacial score (nSPS) is 15.9.